The molecule has 0 saturated carbocycles. The molecular weight excluding hydrogens is 395 g/mol. The molecule has 1 aliphatic heterocycles. The summed E-state index contributed by atoms with van der Waals surface area (Å²) in [6.07, 6.45) is -2.38. The Kier molecular flexibility index (Phi) is 7.70. The molecule has 0 aromatic heterocycles. The Morgan fingerprint density at radius 1 is 1.18 bits per heavy atom. The minimum atomic E-state index is -4.41. The van der Waals surface area contributed by atoms with Crippen molar-refractivity contribution in [2.45, 2.75) is 32.4 Å². The molecule has 0 radical (unpaired) electrons. The van der Waals surface area contributed by atoms with E-state index in [1.165, 1.54) is 10.4 Å². The van der Waals surface area contributed by atoms with Crippen LogP contribution in [0.4, 0.5) is 18.9 Å². The van der Waals surface area contributed by atoms with Gasteiger partial charge in [-0.1, -0.05) is 19.4 Å². The lowest BCUT2D eigenvalue weighted by Crippen LogP contribution is -2.50. The van der Waals surface area contributed by atoms with Crippen molar-refractivity contribution in [3.8, 4) is 0 Å². The standard InChI is InChI=1S/C18H26F3N3O3S/c1-2-3-7-17(25)22-8-13-28(26,27)24-11-9-23(10-12-24)16-6-4-5-15(14-16)18(19,20)21/h4-6,14H,2-3,7-13H2,1H3,(H,22,25). The third-order valence-corrected chi connectivity index (χ3v) is 6.48. The number of nitrogens with one attached hydrogen (secondary N) is 1. The molecular formula is C18H26F3N3O3S. The Hall–Kier alpha value is -1.81. The SMILES string of the molecule is CCCCC(=O)NCCS(=O)(=O)N1CCN(c2cccc(C(F)(F)F)c2)CC1. The highest BCUT2D eigenvalue weighted by molar-refractivity contribution is 7.89. The second-order valence-electron chi connectivity index (χ2n) is 6.70. The minimum absolute atomic E-state index is 0.0543. The Morgan fingerprint density at radius 3 is 2.46 bits per heavy atom. The van der Waals surface area contributed by atoms with Crippen molar-refractivity contribution in [2.75, 3.05) is 43.4 Å². The smallest absolute Gasteiger partial charge is 0.369 e. The Labute approximate surface area is 163 Å². The summed E-state index contributed by atoms with van der Waals surface area (Å²) in [6, 6.07) is 5.03. The van der Waals surface area contributed by atoms with Gasteiger partial charge in [0.05, 0.1) is 11.3 Å². The van der Waals surface area contributed by atoms with Gasteiger partial charge < -0.3 is 10.2 Å². The van der Waals surface area contributed by atoms with E-state index in [0.29, 0.717) is 25.2 Å². The van der Waals surface area contributed by atoms with E-state index in [2.05, 4.69) is 5.32 Å². The van der Waals surface area contributed by atoms with Crippen molar-refractivity contribution < 1.29 is 26.4 Å². The lowest BCUT2D eigenvalue weighted by atomic mass is 10.1. The largest absolute Gasteiger partial charge is 0.416 e. The van der Waals surface area contributed by atoms with Crippen LogP contribution in [0.15, 0.2) is 24.3 Å². The van der Waals surface area contributed by atoms with Crippen molar-refractivity contribution in [1.29, 1.82) is 0 Å². The van der Waals surface area contributed by atoms with E-state index in [0.717, 1.165) is 25.0 Å². The molecule has 1 fully saturated rings. The van der Waals surface area contributed by atoms with Crippen molar-refractivity contribution in [1.82, 2.24) is 9.62 Å². The average molecular weight is 421 g/mol. The van der Waals surface area contributed by atoms with Gasteiger partial charge >= 0.3 is 6.18 Å². The summed E-state index contributed by atoms with van der Waals surface area (Å²) in [5.41, 5.74) is -0.297. The summed E-state index contributed by atoms with van der Waals surface area (Å²) in [5, 5.41) is 2.61. The van der Waals surface area contributed by atoms with E-state index in [9.17, 15) is 26.4 Å². The number of alkyl halides is 3. The zero-order valence-electron chi connectivity index (χ0n) is 15.8. The molecule has 158 valence electrons. The normalized spacial score (nSPS) is 16.2. The van der Waals surface area contributed by atoms with Crippen LogP contribution < -0.4 is 10.2 Å². The van der Waals surface area contributed by atoms with Gasteiger partial charge in [-0.3, -0.25) is 4.79 Å². The fourth-order valence-corrected chi connectivity index (χ4v) is 4.32. The van der Waals surface area contributed by atoms with Crippen LogP contribution in [0.2, 0.25) is 0 Å². The van der Waals surface area contributed by atoms with Crippen molar-refractivity contribution in [2.24, 2.45) is 0 Å². The van der Waals surface area contributed by atoms with Gasteiger partial charge in [-0.25, -0.2) is 8.42 Å². The van der Waals surface area contributed by atoms with Gasteiger partial charge in [0, 0.05) is 44.8 Å². The van der Waals surface area contributed by atoms with Gasteiger partial charge in [0.25, 0.3) is 0 Å². The molecule has 2 rings (SSSR count). The van der Waals surface area contributed by atoms with E-state index in [1.807, 2.05) is 6.92 Å². The van der Waals surface area contributed by atoms with Crippen LogP contribution >= 0.6 is 0 Å². The molecule has 0 spiro atoms. The van der Waals surface area contributed by atoms with Gasteiger partial charge in [0.2, 0.25) is 15.9 Å². The molecule has 6 nitrogen and oxygen atoms in total. The van der Waals surface area contributed by atoms with Crippen molar-refractivity contribution in [3.63, 3.8) is 0 Å². The number of anilines is 1. The first kappa shape index (κ1) is 22.5. The first-order valence-corrected chi connectivity index (χ1v) is 10.9. The second-order valence-corrected chi connectivity index (χ2v) is 8.79. The number of rotatable bonds is 8. The van der Waals surface area contributed by atoms with Crippen LogP contribution in [0, 0.1) is 0 Å². The highest BCUT2D eigenvalue weighted by Crippen LogP contribution is 2.31. The number of nitrogens with zero attached hydrogens (tertiary/aromatic N) is 2. The summed E-state index contributed by atoms with van der Waals surface area (Å²) in [6.45, 7) is 3.03. The monoisotopic (exact) mass is 421 g/mol. The predicted octanol–water partition coefficient (Wildman–Crippen LogP) is 2.46. The van der Waals surface area contributed by atoms with E-state index in [1.54, 1.807) is 11.0 Å². The second kappa shape index (κ2) is 9.60. The maximum Gasteiger partial charge on any atom is 0.416 e. The molecule has 28 heavy (non-hydrogen) atoms. The molecule has 0 bridgehead atoms. The molecule has 1 aromatic carbocycles. The van der Waals surface area contributed by atoms with Crippen LogP contribution in [0.1, 0.15) is 31.7 Å². The van der Waals surface area contributed by atoms with Gasteiger partial charge in [0.1, 0.15) is 0 Å². The number of piperazine rings is 1. The Balaban J connectivity index is 1.86. The predicted molar refractivity (Wildman–Crippen MR) is 102 cm³/mol. The fourth-order valence-electron chi connectivity index (χ4n) is 2.98. The van der Waals surface area contributed by atoms with Crippen LogP contribution in [-0.2, 0) is 21.0 Å². The lowest BCUT2D eigenvalue weighted by Gasteiger charge is -2.35. The van der Waals surface area contributed by atoms with Crippen LogP contribution in [0.3, 0.4) is 0 Å². The van der Waals surface area contributed by atoms with E-state index < -0.39 is 21.8 Å². The number of amides is 1. The number of halogens is 3. The number of benzene rings is 1. The maximum absolute atomic E-state index is 12.9. The van der Waals surface area contributed by atoms with E-state index >= 15 is 0 Å². The van der Waals surface area contributed by atoms with E-state index in [4.69, 9.17) is 0 Å². The maximum atomic E-state index is 12.9. The molecule has 1 aromatic rings. The fraction of sp³-hybridized carbons (Fsp3) is 0.611. The summed E-state index contributed by atoms with van der Waals surface area (Å²) in [5.74, 6) is -0.347. The zero-order valence-corrected chi connectivity index (χ0v) is 16.7. The summed E-state index contributed by atoms with van der Waals surface area (Å²) in [7, 11) is -3.52. The van der Waals surface area contributed by atoms with Gasteiger partial charge in [-0.15, -0.1) is 0 Å². The summed E-state index contributed by atoms with van der Waals surface area (Å²) < 4.78 is 64.7. The molecule has 1 aliphatic rings. The number of sulfonamides is 1. The van der Waals surface area contributed by atoms with Crippen LogP contribution in [0.25, 0.3) is 0 Å². The van der Waals surface area contributed by atoms with E-state index in [-0.39, 0.29) is 31.3 Å². The first-order valence-electron chi connectivity index (χ1n) is 9.30. The molecule has 0 unspecified atom stereocenters. The van der Waals surface area contributed by atoms with Gasteiger partial charge in [0.15, 0.2) is 0 Å². The molecule has 1 saturated heterocycles. The Bertz CT molecular complexity index is 761. The third-order valence-electron chi connectivity index (χ3n) is 4.61. The topological polar surface area (TPSA) is 69.7 Å². The van der Waals surface area contributed by atoms with Crippen molar-refractivity contribution >= 4 is 21.6 Å². The van der Waals surface area contributed by atoms with Crippen LogP contribution in [0.5, 0.6) is 0 Å². The molecule has 1 amide bonds. The minimum Gasteiger partial charge on any atom is -0.369 e. The zero-order chi connectivity index (χ0) is 20.8. The third kappa shape index (κ3) is 6.37. The number of hydrogen-bond acceptors (Lipinski definition) is 4. The highest BCUT2D eigenvalue weighted by Gasteiger charge is 2.32. The number of unbranched alkanes of at least 4 members (excludes halogenated alkanes) is 1. The molecule has 0 atom stereocenters. The summed E-state index contributed by atoms with van der Waals surface area (Å²) in [4.78, 5) is 13.3. The van der Waals surface area contributed by atoms with Gasteiger partial charge in [-0.2, -0.15) is 17.5 Å². The lowest BCUT2D eigenvalue weighted by molar-refractivity contribution is -0.137. The first-order chi connectivity index (χ1) is 13.1. The highest BCUT2D eigenvalue weighted by atomic mass is 32.2. The number of carbonyl (C=O) groups is 1. The molecule has 1 heterocycles. The Morgan fingerprint density at radius 2 is 1.86 bits per heavy atom. The number of hydrogen-bond donors (Lipinski definition) is 1. The van der Waals surface area contributed by atoms with Crippen LogP contribution in [-0.4, -0.2) is 57.1 Å². The number of carbonyl (C=O) groups excluding carboxylic acids is 1. The van der Waals surface area contributed by atoms with Gasteiger partial charge in [-0.05, 0) is 24.6 Å². The molecule has 0 aliphatic carbocycles. The van der Waals surface area contributed by atoms with Crippen molar-refractivity contribution in [3.05, 3.63) is 29.8 Å². The summed E-state index contributed by atoms with van der Waals surface area (Å²) >= 11 is 0. The average Bonchev–Trinajstić information content (AvgIpc) is 2.66. The molecule has 1 N–H and O–H groups in total. The molecule has 10 heteroatoms. The quantitative estimate of drug-likeness (QED) is 0.700.